The molecule has 0 radical (unpaired) electrons. The number of hydrogen-bond donors (Lipinski definition) is 1. The highest BCUT2D eigenvalue weighted by Crippen LogP contribution is 2.31. The zero-order valence-electron chi connectivity index (χ0n) is 22.5. The number of carbonyl (C=O) groups is 3. The van der Waals surface area contributed by atoms with Crippen molar-refractivity contribution in [3.05, 3.63) is 47.7 Å². The lowest BCUT2D eigenvalue weighted by molar-refractivity contribution is -0.133. The van der Waals surface area contributed by atoms with Crippen LogP contribution < -0.4 is 20.1 Å². The number of pyridine rings is 1. The van der Waals surface area contributed by atoms with Crippen LogP contribution in [0.5, 0.6) is 0 Å². The number of rotatable bonds is 9. The number of halogens is 2. The Balaban J connectivity index is 1.35. The molecule has 2 aliphatic rings. The fourth-order valence-electron chi connectivity index (χ4n) is 4.64. The number of hydrazine groups is 1. The van der Waals surface area contributed by atoms with Crippen molar-refractivity contribution in [3.8, 4) is 0 Å². The molecule has 210 valence electrons. The van der Waals surface area contributed by atoms with Crippen LogP contribution in [0.2, 0.25) is 0 Å². The molecule has 39 heavy (non-hydrogen) atoms. The number of ether oxygens (including phenoxy) is 1. The third kappa shape index (κ3) is 6.99. The molecule has 1 aromatic carbocycles. The summed E-state index contributed by atoms with van der Waals surface area (Å²) in [4.78, 5) is 45.3. The minimum Gasteiger partial charge on any atom is -0.444 e. The van der Waals surface area contributed by atoms with E-state index in [1.165, 1.54) is 16.8 Å². The Labute approximate surface area is 226 Å². The van der Waals surface area contributed by atoms with Gasteiger partial charge in [0.2, 0.25) is 5.91 Å². The number of nitrogens with zero attached hydrogens (tertiary/aromatic N) is 5. The summed E-state index contributed by atoms with van der Waals surface area (Å²) in [6.45, 7) is 2.64. The second-order valence-electron chi connectivity index (χ2n) is 9.97. The van der Waals surface area contributed by atoms with Gasteiger partial charge in [0.1, 0.15) is 23.4 Å². The zero-order chi connectivity index (χ0) is 28.1. The Morgan fingerprint density at radius 3 is 2.51 bits per heavy atom. The predicted molar refractivity (Wildman–Crippen MR) is 143 cm³/mol. The van der Waals surface area contributed by atoms with Crippen molar-refractivity contribution in [2.75, 3.05) is 61.5 Å². The fourth-order valence-corrected chi connectivity index (χ4v) is 4.64. The van der Waals surface area contributed by atoms with E-state index < -0.39 is 23.8 Å². The topological polar surface area (TPSA) is 98.3 Å². The lowest BCUT2D eigenvalue weighted by Gasteiger charge is -2.25. The third-order valence-electron chi connectivity index (χ3n) is 6.80. The summed E-state index contributed by atoms with van der Waals surface area (Å²) in [6.07, 6.45) is 1.96. The highest BCUT2D eigenvalue weighted by Gasteiger charge is 2.34. The van der Waals surface area contributed by atoms with Crippen LogP contribution in [-0.2, 0) is 20.7 Å². The van der Waals surface area contributed by atoms with E-state index in [0.29, 0.717) is 19.4 Å². The monoisotopic (exact) mass is 544 g/mol. The molecule has 4 rings (SSSR count). The number of cyclic esters (lactones) is 1. The Bertz CT molecular complexity index is 1190. The second-order valence-corrected chi connectivity index (χ2v) is 9.97. The van der Waals surface area contributed by atoms with Crippen LogP contribution in [0.3, 0.4) is 0 Å². The molecule has 2 saturated heterocycles. The van der Waals surface area contributed by atoms with Crippen LogP contribution in [-0.4, -0.2) is 80.7 Å². The van der Waals surface area contributed by atoms with Crippen LogP contribution in [0.25, 0.3) is 0 Å². The maximum absolute atomic E-state index is 15.2. The molecular formula is C27H34F2N6O4. The van der Waals surface area contributed by atoms with Gasteiger partial charge in [-0.05, 0) is 31.4 Å². The van der Waals surface area contributed by atoms with Gasteiger partial charge in [-0.3, -0.25) is 14.7 Å². The van der Waals surface area contributed by atoms with Gasteiger partial charge in [0, 0.05) is 64.9 Å². The highest BCUT2D eigenvalue weighted by atomic mass is 19.1. The average Bonchev–Trinajstić information content (AvgIpc) is 3.10. The molecule has 10 nitrogen and oxygen atoms in total. The molecule has 0 bridgehead atoms. The predicted octanol–water partition coefficient (Wildman–Crippen LogP) is 2.91. The average molecular weight is 545 g/mol. The zero-order valence-corrected chi connectivity index (χ0v) is 22.5. The van der Waals surface area contributed by atoms with Crippen LogP contribution >= 0.6 is 0 Å². The molecule has 0 spiro atoms. The molecule has 12 heteroatoms. The SMILES string of the molecule is CC(=O)CC[C@H]1CN(c2cc(F)c(N3CCNN(C(=O)CCc4ccc(N(C)C)nc4)CC3)c(F)c2)C(=O)O1. The molecule has 0 unspecified atom stereocenters. The van der Waals surface area contributed by atoms with E-state index in [0.717, 1.165) is 23.5 Å². The molecule has 2 amide bonds. The van der Waals surface area contributed by atoms with Gasteiger partial charge in [-0.2, -0.15) is 0 Å². The second kappa shape index (κ2) is 12.4. The van der Waals surface area contributed by atoms with Crippen molar-refractivity contribution in [3.63, 3.8) is 0 Å². The number of carbonyl (C=O) groups excluding carboxylic acids is 3. The first-order valence-corrected chi connectivity index (χ1v) is 13.0. The van der Waals surface area contributed by atoms with Gasteiger partial charge in [0.15, 0.2) is 11.6 Å². The normalized spacial score (nSPS) is 17.7. The molecule has 2 aliphatic heterocycles. The van der Waals surface area contributed by atoms with Crippen LogP contribution in [0.1, 0.15) is 31.7 Å². The van der Waals surface area contributed by atoms with Crippen LogP contribution in [0.4, 0.5) is 30.8 Å². The molecule has 0 saturated carbocycles. The molecule has 1 atom stereocenters. The van der Waals surface area contributed by atoms with Crippen molar-refractivity contribution in [2.24, 2.45) is 0 Å². The molecular weight excluding hydrogens is 510 g/mol. The number of aryl methyl sites for hydroxylation is 1. The minimum absolute atomic E-state index is 0.0228. The summed E-state index contributed by atoms with van der Waals surface area (Å²) in [5.74, 6) is -0.917. The van der Waals surface area contributed by atoms with Gasteiger partial charge in [0.05, 0.1) is 18.8 Å². The number of ketones is 1. The van der Waals surface area contributed by atoms with Gasteiger partial charge in [-0.25, -0.2) is 24.0 Å². The van der Waals surface area contributed by atoms with Crippen molar-refractivity contribution < 1.29 is 27.9 Å². The van der Waals surface area contributed by atoms with Crippen LogP contribution in [0, 0.1) is 11.6 Å². The molecule has 0 aliphatic carbocycles. The first-order chi connectivity index (χ1) is 18.6. The van der Waals surface area contributed by atoms with E-state index in [-0.39, 0.29) is 62.1 Å². The van der Waals surface area contributed by atoms with Crippen LogP contribution in [0.15, 0.2) is 30.5 Å². The van der Waals surface area contributed by atoms with Crippen molar-refractivity contribution >= 4 is 35.0 Å². The Morgan fingerprint density at radius 2 is 1.87 bits per heavy atom. The van der Waals surface area contributed by atoms with E-state index in [4.69, 9.17) is 4.74 Å². The number of nitrogens with one attached hydrogen (secondary N) is 1. The Hall–Kier alpha value is -3.80. The largest absolute Gasteiger partial charge is 0.444 e. The summed E-state index contributed by atoms with van der Waals surface area (Å²) in [7, 11) is 3.81. The number of hydrogen-bond acceptors (Lipinski definition) is 8. The number of anilines is 3. The lowest BCUT2D eigenvalue weighted by Crippen LogP contribution is -2.43. The van der Waals surface area contributed by atoms with Gasteiger partial charge in [0.25, 0.3) is 0 Å². The quantitative estimate of drug-likeness (QED) is 0.515. The van der Waals surface area contributed by atoms with Crippen molar-refractivity contribution in [1.82, 2.24) is 15.4 Å². The first kappa shape index (κ1) is 28.2. The number of amides is 2. The van der Waals surface area contributed by atoms with E-state index in [2.05, 4.69) is 10.4 Å². The minimum atomic E-state index is -0.807. The van der Waals surface area contributed by atoms with E-state index >= 15 is 8.78 Å². The summed E-state index contributed by atoms with van der Waals surface area (Å²) in [6, 6.07) is 6.07. The maximum atomic E-state index is 15.2. The molecule has 2 aromatic rings. The molecule has 1 N–H and O–H groups in total. The van der Waals surface area contributed by atoms with Gasteiger partial charge < -0.3 is 19.3 Å². The van der Waals surface area contributed by atoms with Crippen molar-refractivity contribution in [1.29, 1.82) is 0 Å². The highest BCUT2D eigenvalue weighted by molar-refractivity contribution is 5.90. The maximum Gasteiger partial charge on any atom is 0.414 e. The number of benzene rings is 1. The molecule has 2 fully saturated rings. The van der Waals surface area contributed by atoms with Crippen molar-refractivity contribution in [2.45, 2.75) is 38.7 Å². The molecule has 1 aromatic heterocycles. The van der Waals surface area contributed by atoms with E-state index in [9.17, 15) is 14.4 Å². The standard InChI is InChI=1S/C27H34F2N6O4/c1-18(36)4-7-21-17-34(27(38)39-21)20-14-22(28)26(23(29)15-20)33-11-10-31-35(13-12-33)25(37)9-6-19-5-8-24(30-16-19)32(2)3/h5,8,14-16,21,31H,4,6-7,9-13,17H2,1-3H3/t21-/m0/s1. The summed E-state index contributed by atoms with van der Waals surface area (Å²) in [5, 5.41) is 1.49. The smallest absolute Gasteiger partial charge is 0.414 e. The first-order valence-electron chi connectivity index (χ1n) is 13.0. The van der Waals surface area contributed by atoms with E-state index in [1.54, 1.807) is 11.1 Å². The third-order valence-corrected chi connectivity index (χ3v) is 6.80. The summed E-state index contributed by atoms with van der Waals surface area (Å²) < 4.78 is 35.6. The van der Waals surface area contributed by atoms with Gasteiger partial charge >= 0.3 is 6.09 Å². The number of aromatic nitrogens is 1. The van der Waals surface area contributed by atoms with E-state index in [1.807, 2.05) is 31.1 Å². The van der Waals surface area contributed by atoms with Gasteiger partial charge in [-0.1, -0.05) is 6.07 Å². The fraction of sp³-hybridized carbons (Fsp3) is 0.481. The van der Waals surface area contributed by atoms with Gasteiger partial charge in [-0.15, -0.1) is 0 Å². The Kier molecular flexibility index (Phi) is 8.95. The Morgan fingerprint density at radius 1 is 1.13 bits per heavy atom. The summed E-state index contributed by atoms with van der Waals surface area (Å²) in [5.41, 5.74) is 3.85. The summed E-state index contributed by atoms with van der Waals surface area (Å²) >= 11 is 0. The molecule has 3 heterocycles. The lowest BCUT2D eigenvalue weighted by atomic mass is 10.1. The number of Topliss-reactive ketones (excluding diaryl/α,β-unsaturated/α-hetero) is 1.